The number of hydrogen-bond donors (Lipinski definition) is 2. The van der Waals surface area contributed by atoms with Crippen LogP contribution in [0.5, 0.6) is 5.75 Å². The number of halogens is 3. The summed E-state index contributed by atoms with van der Waals surface area (Å²) in [6.45, 7) is 3.26. The van der Waals surface area contributed by atoms with E-state index in [0.29, 0.717) is 11.1 Å². The summed E-state index contributed by atoms with van der Waals surface area (Å²) < 4.78 is 70.9. The van der Waals surface area contributed by atoms with Gasteiger partial charge in [0.15, 0.2) is 9.84 Å². The van der Waals surface area contributed by atoms with Gasteiger partial charge in [0, 0.05) is 11.8 Å². The fourth-order valence-electron chi connectivity index (χ4n) is 3.55. The van der Waals surface area contributed by atoms with Gasteiger partial charge in [-0.15, -0.1) is 0 Å². The van der Waals surface area contributed by atoms with Crippen molar-refractivity contribution in [3.63, 3.8) is 0 Å². The summed E-state index contributed by atoms with van der Waals surface area (Å²) >= 11 is 0. The lowest BCUT2D eigenvalue weighted by atomic mass is 9.97. The molecule has 0 unspecified atom stereocenters. The normalized spacial score (nSPS) is 13.7. The number of carbonyl (C=O) groups is 1. The number of ether oxygens (including phenoxy) is 1. The fourth-order valence-corrected chi connectivity index (χ4v) is 4.19. The Morgan fingerprint density at radius 1 is 1.14 bits per heavy atom. The van der Waals surface area contributed by atoms with Gasteiger partial charge < -0.3 is 10.1 Å². The lowest BCUT2D eigenvalue weighted by molar-refractivity contribution is -0.161. The first-order valence-electron chi connectivity index (χ1n) is 10.7. The van der Waals surface area contributed by atoms with Crippen molar-refractivity contribution < 1.29 is 31.1 Å². The molecule has 0 saturated carbocycles. The van der Waals surface area contributed by atoms with Crippen LogP contribution < -0.4 is 15.4 Å². The Bertz CT molecular complexity index is 1170. The molecule has 1 amide bonds. The summed E-state index contributed by atoms with van der Waals surface area (Å²) in [7, 11) is -2.10. The molecule has 2 N–H and O–H groups in total. The number of hydrogen-bond acceptors (Lipinski definition) is 6. The Balaban J connectivity index is 2.40. The molecule has 0 spiro atoms. The Morgan fingerprint density at radius 2 is 1.77 bits per heavy atom. The van der Waals surface area contributed by atoms with Gasteiger partial charge in [-0.2, -0.15) is 18.4 Å². The van der Waals surface area contributed by atoms with E-state index in [0.717, 1.165) is 6.26 Å². The number of nitrogens with one attached hydrogen (secondary N) is 2. The molecule has 2 rings (SSSR count). The molecule has 0 aliphatic carbocycles. The van der Waals surface area contributed by atoms with E-state index in [1.54, 1.807) is 19.9 Å². The average Bonchev–Trinajstić information content (AvgIpc) is 2.78. The Hall–Kier alpha value is -3.10. The van der Waals surface area contributed by atoms with E-state index in [2.05, 4.69) is 10.6 Å². The molecular formula is C24H28F3N3O4S. The van der Waals surface area contributed by atoms with Crippen LogP contribution in [-0.2, 0) is 14.6 Å². The fraction of sp³-hybridized carbons (Fsp3) is 0.417. The van der Waals surface area contributed by atoms with Crippen molar-refractivity contribution >= 4 is 15.7 Å². The van der Waals surface area contributed by atoms with Crippen molar-refractivity contribution in [2.24, 2.45) is 5.92 Å². The molecule has 2 aromatic rings. The molecule has 0 aliphatic rings. The molecule has 190 valence electrons. The van der Waals surface area contributed by atoms with Crippen LogP contribution in [0.2, 0.25) is 0 Å². The number of nitriles is 1. The average molecular weight is 512 g/mol. The summed E-state index contributed by atoms with van der Waals surface area (Å²) in [6, 6.07) is 8.29. The number of nitrogens with zero attached hydrogens (tertiary/aromatic N) is 1. The van der Waals surface area contributed by atoms with Crippen LogP contribution in [0.1, 0.15) is 31.9 Å². The third-order valence-electron chi connectivity index (χ3n) is 5.22. The molecular weight excluding hydrogens is 483 g/mol. The Morgan fingerprint density at radius 3 is 2.26 bits per heavy atom. The number of benzene rings is 2. The molecule has 35 heavy (non-hydrogen) atoms. The van der Waals surface area contributed by atoms with Gasteiger partial charge in [0.25, 0.3) is 0 Å². The van der Waals surface area contributed by atoms with Crippen LogP contribution in [0.4, 0.5) is 13.2 Å². The third-order valence-corrected chi connectivity index (χ3v) is 6.33. The molecule has 2 aromatic carbocycles. The van der Waals surface area contributed by atoms with Gasteiger partial charge in [0.1, 0.15) is 18.3 Å². The summed E-state index contributed by atoms with van der Waals surface area (Å²) in [5.74, 6) is -0.488. The predicted octanol–water partition coefficient (Wildman–Crippen LogP) is 4.01. The van der Waals surface area contributed by atoms with Crippen molar-refractivity contribution in [2.45, 2.75) is 43.4 Å². The maximum atomic E-state index is 14.0. The van der Waals surface area contributed by atoms with Gasteiger partial charge >= 0.3 is 6.18 Å². The molecule has 0 aliphatic heterocycles. The molecule has 2 atom stereocenters. The smallest absolute Gasteiger partial charge is 0.407 e. The van der Waals surface area contributed by atoms with Crippen LogP contribution in [-0.4, -0.2) is 46.5 Å². The monoisotopic (exact) mass is 511 g/mol. The van der Waals surface area contributed by atoms with Crippen LogP contribution in [0.25, 0.3) is 11.1 Å². The van der Waals surface area contributed by atoms with Gasteiger partial charge in [-0.25, -0.2) is 8.42 Å². The molecule has 0 saturated heterocycles. The molecule has 7 nitrogen and oxygen atoms in total. The summed E-state index contributed by atoms with van der Waals surface area (Å²) in [6.07, 6.45) is -3.49. The third kappa shape index (κ3) is 7.70. The number of carbonyl (C=O) groups excluding carboxylic acids is 1. The van der Waals surface area contributed by atoms with Crippen LogP contribution >= 0.6 is 0 Å². The zero-order chi connectivity index (χ0) is 26.4. The van der Waals surface area contributed by atoms with Gasteiger partial charge in [-0.1, -0.05) is 38.1 Å². The van der Waals surface area contributed by atoms with Crippen molar-refractivity contribution in [1.82, 2.24) is 10.6 Å². The molecule has 0 radical (unpaired) electrons. The Kier molecular flexibility index (Phi) is 9.29. The summed E-state index contributed by atoms with van der Waals surface area (Å²) in [5, 5.41) is 13.4. The zero-order valence-corrected chi connectivity index (χ0v) is 20.6. The molecule has 0 bridgehead atoms. The van der Waals surface area contributed by atoms with E-state index in [4.69, 9.17) is 10.00 Å². The number of rotatable bonds is 10. The second kappa shape index (κ2) is 11.6. The van der Waals surface area contributed by atoms with Gasteiger partial charge in [-0.05, 0) is 41.7 Å². The first-order valence-corrected chi connectivity index (χ1v) is 12.6. The highest BCUT2D eigenvalue weighted by molar-refractivity contribution is 7.90. The highest BCUT2D eigenvalue weighted by Crippen LogP contribution is 2.36. The van der Waals surface area contributed by atoms with Crippen LogP contribution in [0, 0.1) is 17.2 Å². The van der Waals surface area contributed by atoms with Crippen molar-refractivity contribution in [3.8, 4) is 22.9 Å². The quantitative estimate of drug-likeness (QED) is 0.467. The van der Waals surface area contributed by atoms with Crippen LogP contribution in [0.15, 0.2) is 47.4 Å². The molecule has 0 aromatic heterocycles. The number of methoxy groups -OCH3 is 1. The lowest BCUT2D eigenvalue weighted by Crippen LogP contribution is -2.49. The predicted molar refractivity (Wildman–Crippen MR) is 125 cm³/mol. The van der Waals surface area contributed by atoms with E-state index in [1.807, 2.05) is 0 Å². The van der Waals surface area contributed by atoms with Gasteiger partial charge in [0.2, 0.25) is 5.91 Å². The van der Waals surface area contributed by atoms with E-state index in [1.165, 1.54) is 49.6 Å². The van der Waals surface area contributed by atoms with Gasteiger partial charge in [-0.3, -0.25) is 10.1 Å². The maximum Gasteiger partial charge on any atom is 0.407 e. The molecule has 0 fully saturated rings. The SMILES string of the molecule is COc1cc(S(C)(=O)=O)ccc1-c1ccc([C@H](N[C@@H](CC(C)C)C(=O)NCC#N)C(F)(F)F)cc1. The second-order valence-corrected chi connectivity index (χ2v) is 10.5. The number of amides is 1. The van der Waals surface area contributed by atoms with E-state index in [9.17, 15) is 26.4 Å². The first-order chi connectivity index (χ1) is 16.3. The minimum absolute atomic E-state index is 0.0573. The lowest BCUT2D eigenvalue weighted by Gasteiger charge is -2.28. The van der Waals surface area contributed by atoms with E-state index < -0.39 is 34.0 Å². The van der Waals surface area contributed by atoms with E-state index >= 15 is 0 Å². The highest BCUT2D eigenvalue weighted by Gasteiger charge is 2.42. The summed E-state index contributed by atoms with van der Waals surface area (Å²) in [4.78, 5) is 12.4. The van der Waals surface area contributed by atoms with Crippen molar-refractivity contribution in [1.29, 1.82) is 5.26 Å². The van der Waals surface area contributed by atoms with Crippen molar-refractivity contribution in [2.75, 3.05) is 19.9 Å². The Labute approximate surface area is 203 Å². The molecule has 0 heterocycles. The second-order valence-electron chi connectivity index (χ2n) is 8.46. The standard InChI is InChI=1S/C24H28F3N3O4S/c1-15(2)13-20(23(31)29-12-11-28)30-22(24(25,26)27)17-7-5-16(6-8-17)19-10-9-18(35(4,32)33)14-21(19)34-3/h5-10,14-15,20,22,30H,12-13H2,1-4H3,(H,29,31)/t20-,22-/m0/s1. The number of alkyl halides is 3. The minimum atomic E-state index is -4.69. The zero-order valence-electron chi connectivity index (χ0n) is 19.8. The topological polar surface area (TPSA) is 108 Å². The molecule has 11 heteroatoms. The first kappa shape index (κ1) is 28.1. The highest BCUT2D eigenvalue weighted by atomic mass is 32.2. The van der Waals surface area contributed by atoms with Crippen LogP contribution in [0.3, 0.4) is 0 Å². The van der Waals surface area contributed by atoms with Crippen molar-refractivity contribution in [3.05, 3.63) is 48.0 Å². The largest absolute Gasteiger partial charge is 0.496 e. The number of sulfone groups is 1. The summed E-state index contributed by atoms with van der Waals surface area (Å²) in [5.41, 5.74) is 0.934. The minimum Gasteiger partial charge on any atom is -0.496 e. The van der Waals surface area contributed by atoms with Gasteiger partial charge in [0.05, 0.1) is 24.1 Å². The maximum absolute atomic E-state index is 14.0. The van der Waals surface area contributed by atoms with E-state index in [-0.39, 0.29) is 35.1 Å².